The molecule has 0 aliphatic carbocycles. The van der Waals surface area contributed by atoms with Gasteiger partial charge in [0, 0.05) is 14.1 Å². The van der Waals surface area contributed by atoms with Gasteiger partial charge in [-0.1, -0.05) is 12.1 Å². The van der Waals surface area contributed by atoms with E-state index in [0.29, 0.717) is 17.0 Å². The van der Waals surface area contributed by atoms with E-state index in [-0.39, 0.29) is 16.7 Å². The third-order valence-corrected chi connectivity index (χ3v) is 4.88. The zero-order valence-electron chi connectivity index (χ0n) is 13.9. The van der Waals surface area contributed by atoms with Crippen LogP contribution < -0.4 is 16.8 Å². The molecule has 0 aliphatic rings. The van der Waals surface area contributed by atoms with Crippen molar-refractivity contribution < 1.29 is 0 Å². The number of nitrogens with zero attached hydrogens (tertiary/aromatic N) is 5. The van der Waals surface area contributed by atoms with Gasteiger partial charge in [-0.05, 0) is 18.4 Å². The van der Waals surface area contributed by atoms with Crippen LogP contribution in [0.5, 0.6) is 0 Å². The highest BCUT2D eigenvalue weighted by atomic mass is 32.2. The van der Waals surface area contributed by atoms with Crippen molar-refractivity contribution in [2.24, 2.45) is 14.1 Å². The minimum absolute atomic E-state index is 0.116. The molecule has 0 saturated carbocycles. The van der Waals surface area contributed by atoms with Crippen LogP contribution in [0.1, 0.15) is 0 Å². The normalized spacial score (nSPS) is 11.8. The van der Waals surface area contributed by atoms with Crippen LogP contribution in [0.25, 0.3) is 27.8 Å². The molecule has 4 aromatic rings. The lowest BCUT2D eigenvalue weighted by atomic mass is 10.2. The number of hydrogen-bond acceptors (Lipinski definition) is 5. The lowest BCUT2D eigenvalue weighted by Gasteiger charge is -2.11. The Morgan fingerprint density at radius 3 is 2.48 bits per heavy atom. The molecular formula is C16H15N5O3S. The topological polar surface area (TPSA) is 83.3 Å². The van der Waals surface area contributed by atoms with Gasteiger partial charge in [0.25, 0.3) is 11.1 Å². The molecule has 1 aromatic carbocycles. The molecule has 0 atom stereocenters. The molecule has 3 heterocycles. The Balaban J connectivity index is 2.43. The summed E-state index contributed by atoms with van der Waals surface area (Å²) in [7, 11) is 2.94. The van der Waals surface area contributed by atoms with E-state index in [9.17, 15) is 14.4 Å². The average molecular weight is 357 g/mol. The smallest absolute Gasteiger partial charge is 0.301 e. The van der Waals surface area contributed by atoms with E-state index in [1.807, 2.05) is 23.0 Å². The van der Waals surface area contributed by atoms with Crippen LogP contribution in [0.15, 0.2) is 38.6 Å². The molecule has 25 heavy (non-hydrogen) atoms. The van der Waals surface area contributed by atoms with Gasteiger partial charge in [0.05, 0.1) is 16.8 Å². The van der Waals surface area contributed by atoms with Gasteiger partial charge in [0.2, 0.25) is 5.78 Å². The van der Waals surface area contributed by atoms with Crippen molar-refractivity contribution in [3.63, 3.8) is 0 Å². The maximum absolute atomic E-state index is 13.0. The molecule has 0 aliphatic heterocycles. The Kier molecular flexibility index (Phi) is 3.36. The summed E-state index contributed by atoms with van der Waals surface area (Å²) in [6, 6.07) is 7.22. The number of imidazole rings is 1. The van der Waals surface area contributed by atoms with Crippen molar-refractivity contribution in [1.29, 1.82) is 0 Å². The average Bonchev–Trinajstić information content (AvgIpc) is 3.02. The molecule has 0 saturated heterocycles. The van der Waals surface area contributed by atoms with E-state index in [1.165, 1.54) is 16.0 Å². The lowest BCUT2D eigenvalue weighted by Crippen LogP contribution is -2.37. The van der Waals surface area contributed by atoms with Crippen molar-refractivity contribution >= 4 is 39.6 Å². The number of benzene rings is 1. The first kappa shape index (κ1) is 15.7. The second kappa shape index (κ2) is 5.35. The summed E-state index contributed by atoms with van der Waals surface area (Å²) < 4.78 is 5.47. The fourth-order valence-corrected chi connectivity index (χ4v) is 3.64. The highest BCUT2D eigenvalue weighted by Crippen LogP contribution is 2.18. The summed E-state index contributed by atoms with van der Waals surface area (Å²) in [4.78, 5) is 42.4. The Hall–Kier alpha value is -2.81. The fraction of sp³-hybridized carbons (Fsp3) is 0.250. The van der Waals surface area contributed by atoms with E-state index in [1.54, 1.807) is 30.9 Å². The number of fused-ring (bicyclic) bond motifs is 4. The minimum atomic E-state index is -0.534. The first-order chi connectivity index (χ1) is 12.0. The number of aromatic nitrogens is 5. The number of rotatable bonds is 2. The van der Waals surface area contributed by atoms with Crippen LogP contribution in [-0.4, -0.2) is 29.3 Å². The second-order valence-electron chi connectivity index (χ2n) is 5.79. The number of para-hydroxylation sites is 1. The highest BCUT2D eigenvalue weighted by Gasteiger charge is 2.20. The molecule has 4 rings (SSSR count). The van der Waals surface area contributed by atoms with Crippen LogP contribution in [0, 0.1) is 0 Å². The Morgan fingerprint density at radius 1 is 1.04 bits per heavy atom. The molecular weight excluding hydrogens is 342 g/mol. The molecule has 0 bridgehead atoms. The van der Waals surface area contributed by atoms with Gasteiger partial charge in [-0.25, -0.2) is 9.20 Å². The van der Waals surface area contributed by atoms with Crippen molar-refractivity contribution in [2.45, 2.75) is 5.88 Å². The van der Waals surface area contributed by atoms with Gasteiger partial charge in [-0.15, -0.1) is 11.8 Å². The second-order valence-corrected chi connectivity index (χ2v) is 6.63. The van der Waals surface area contributed by atoms with E-state index in [2.05, 4.69) is 4.98 Å². The first-order valence-corrected chi connectivity index (χ1v) is 8.95. The SMILES string of the molecule is CSCn1c2ccccc2c(=O)n2c3c(=O)n(C)c(=O)n(C)c3nc12. The summed E-state index contributed by atoms with van der Waals surface area (Å²) in [6.45, 7) is 0. The predicted molar refractivity (Wildman–Crippen MR) is 98.5 cm³/mol. The van der Waals surface area contributed by atoms with Gasteiger partial charge in [-0.3, -0.25) is 18.7 Å². The molecule has 3 aromatic heterocycles. The maximum Gasteiger partial charge on any atom is 0.332 e. The van der Waals surface area contributed by atoms with Crippen molar-refractivity contribution in [3.8, 4) is 0 Å². The quantitative estimate of drug-likeness (QED) is 0.522. The first-order valence-electron chi connectivity index (χ1n) is 7.56. The molecule has 0 unspecified atom stereocenters. The number of hydrogen-bond donors (Lipinski definition) is 0. The summed E-state index contributed by atoms with van der Waals surface area (Å²) in [5, 5.41) is 0.499. The predicted octanol–water partition coefficient (Wildman–Crippen LogP) is 0.520. The van der Waals surface area contributed by atoms with Gasteiger partial charge in [0.1, 0.15) is 0 Å². The molecule has 0 fully saturated rings. The summed E-state index contributed by atoms with van der Waals surface area (Å²) in [5.41, 5.74) is -0.267. The zero-order valence-corrected chi connectivity index (χ0v) is 14.7. The zero-order chi connectivity index (χ0) is 17.9. The van der Waals surface area contributed by atoms with Crippen LogP contribution in [-0.2, 0) is 20.0 Å². The fourth-order valence-electron chi connectivity index (χ4n) is 3.13. The highest BCUT2D eigenvalue weighted by molar-refractivity contribution is 7.97. The standard InChI is InChI=1S/C16H15N5O3S/c1-18-12-11(14(23)19(2)16(18)24)21-13(22)9-6-4-5-7-10(9)20(8-25-3)15(21)17-12/h4-7H,8H2,1-3H3. The molecule has 0 amide bonds. The molecule has 128 valence electrons. The van der Waals surface area contributed by atoms with Crippen molar-refractivity contribution in [2.75, 3.05) is 6.26 Å². The van der Waals surface area contributed by atoms with Crippen molar-refractivity contribution in [1.82, 2.24) is 23.1 Å². The largest absolute Gasteiger partial charge is 0.332 e. The summed E-state index contributed by atoms with van der Waals surface area (Å²) >= 11 is 1.57. The molecule has 0 radical (unpaired) electrons. The van der Waals surface area contributed by atoms with Gasteiger partial charge < -0.3 is 4.57 Å². The minimum Gasteiger partial charge on any atom is -0.301 e. The van der Waals surface area contributed by atoms with Crippen molar-refractivity contribution in [3.05, 3.63) is 55.5 Å². The van der Waals surface area contributed by atoms with Crippen LogP contribution in [0.4, 0.5) is 0 Å². The van der Waals surface area contributed by atoms with Gasteiger partial charge in [-0.2, -0.15) is 4.98 Å². The third kappa shape index (κ3) is 1.95. The number of aryl methyl sites for hydroxylation is 1. The van der Waals surface area contributed by atoms with E-state index < -0.39 is 11.2 Å². The lowest BCUT2D eigenvalue weighted by molar-refractivity contribution is 0.707. The maximum atomic E-state index is 13.0. The molecule has 0 N–H and O–H groups in total. The van der Waals surface area contributed by atoms with E-state index >= 15 is 0 Å². The third-order valence-electron chi connectivity index (χ3n) is 4.37. The van der Waals surface area contributed by atoms with E-state index in [4.69, 9.17) is 0 Å². The van der Waals surface area contributed by atoms with Crippen LogP contribution >= 0.6 is 11.8 Å². The summed E-state index contributed by atoms with van der Waals surface area (Å²) in [6.07, 6.45) is 1.95. The molecule has 8 nitrogen and oxygen atoms in total. The van der Waals surface area contributed by atoms with E-state index in [0.717, 1.165) is 10.1 Å². The van der Waals surface area contributed by atoms with Gasteiger partial charge in [0.15, 0.2) is 11.2 Å². The molecule has 0 spiro atoms. The Labute approximate surface area is 144 Å². The Morgan fingerprint density at radius 2 is 1.76 bits per heavy atom. The van der Waals surface area contributed by atoms with Crippen LogP contribution in [0.3, 0.4) is 0 Å². The van der Waals surface area contributed by atoms with Gasteiger partial charge >= 0.3 is 5.69 Å². The number of thioether (sulfide) groups is 1. The molecule has 9 heteroatoms. The Bertz CT molecular complexity index is 1340. The summed E-state index contributed by atoms with van der Waals surface area (Å²) in [5.74, 6) is 0.911. The monoisotopic (exact) mass is 357 g/mol. The van der Waals surface area contributed by atoms with Crippen LogP contribution in [0.2, 0.25) is 0 Å².